The van der Waals surface area contributed by atoms with Gasteiger partial charge in [0, 0.05) is 30.3 Å². The van der Waals surface area contributed by atoms with Gasteiger partial charge in [0.15, 0.2) is 5.65 Å². The van der Waals surface area contributed by atoms with E-state index in [1.165, 1.54) is 18.2 Å². The number of aromatic nitrogens is 3. The maximum atomic E-state index is 14.3. The minimum absolute atomic E-state index is 0.101. The molecule has 37 heavy (non-hydrogen) atoms. The number of rotatable bonds is 5. The van der Waals surface area contributed by atoms with Crippen molar-refractivity contribution >= 4 is 23.2 Å². The Hall–Kier alpha value is -2.75. The highest BCUT2D eigenvalue weighted by atomic mass is 35.5. The number of aliphatic hydroxyl groups excluding tert-OH is 1. The van der Waals surface area contributed by atoms with E-state index in [4.69, 9.17) is 16.3 Å². The topological polar surface area (TPSA) is 83.2 Å². The second-order valence-electron chi connectivity index (χ2n) is 10.7. The van der Waals surface area contributed by atoms with Crippen LogP contribution in [0.1, 0.15) is 65.6 Å². The number of nitrogens with zero attached hydrogens (tertiary/aromatic N) is 5. The summed E-state index contributed by atoms with van der Waals surface area (Å²) in [6, 6.07) is 4.81. The van der Waals surface area contributed by atoms with Crippen molar-refractivity contribution in [3.63, 3.8) is 0 Å². The summed E-state index contributed by atoms with van der Waals surface area (Å²) in [5.74, 6) is -0.368. The molecule has 2 saturated heterocycles. The molecule has 0 radical (unpaired) electrons. The first kappa shape index (κ1) is 24.6. The molecular weight excluding hydrogens is 497 g/mol. The molecule has 1 aromatic carbocycles. The zero-order chi connectivity index (χ0) is 26.0. The van der Waals surface area contributed by atoms with Crippen LogP contribution in [0, 0.1) is 19.7 Å². The van der Waals surface area contributed by atoms with Gasteiger partial charge in [-0.1, -0.05) is 11.6 Å². The van der Waals surface area contributed by atoms with Gasteiger partial charge in [-0.25, -0.2) is 13.9 Å². The highest BCUT2D eigenvalue weighted by Gasteiger charge is 2.42. The van der Waals surface area contributed by atoms with Crippen molar-refractivity contribution < 1.29 is 19.0 Å². The van der Waals surface area contributed by atoms with Gasteiger partial charge in [0.1, 0.15) is 17.7 Å². The molecule has 4 atom stereocenters. The number of hydrogen-bond donors (Lipinski definition) is 1. The number of halogens is 2. The molecule has 5 heterocycles. The quantitative estimate of drug-likeness (QED) is 0.539. The molecule has 8 nitrogen and oxygen atoms in total. The molecule has 3 aliphatic heterocycles. The molecule has 10 heteroatoms. The molecule has 1 amide bonds. The van der Waals surface area contributed by atoms with E-state index in [0.717, 1.165) is 48.3 Å². The zero-order valence-electron chi connectivity index (χ0n) is 21.2. The largest absolute Gasteiger partial charge is 0.489 e. The first-order chi connectivity index (χ1) is 17.7. The minimum Gasteiger partial charge on any atom is -0.489 e. The van der Waals surface area contributed by atoms with Crippen molar-refractivity contribution in [2.75, 3.05) is 6.54 Å². The van der Waals surface area contributed by atoms with Gasteiger partial charge in [0.25, 0.3) is 5.91 Å². The van der Waals surface area contributed by atoms with E-state index in [0.29, 0.717) is 48.0 Å². The van der Waals surface area contributed by atoms with Crippen molar-refractivity contribution in [2.24, 2.45) is 0 Å². The second kappa shape index (κ2) is 9.22. The molecule has 0 spiro atoms. The average Bonchev–Trinajstić information content (AvgIpc) is 3.47. The van der Waals surface area contributed by atoms with Gasteiger partial charge in [-0.15, -0.1) is 0 Å². The Balaban J connectivity index is 1.22. The van der Waals surface area contributed by atoms with Gasteiger partial charge in [-0.05, 0) is 58.6 Å². The van der Waals surface area contributed by atoms with Crippen LogP contribution in [0.2, 0.25) is 5.02 Å². The predicted molar refractivity (Wildman–Crippen MR) is 136 cm³/mol. The van der Waals surface area contributed by atoms with Crippen LogP contribution in [0.3, 0.4) is 0 Å². The number of carbonyl (C=O) groups excluding carboxylic acids is 1. The molecule has 3 aromatic rings. The summed E-state index contributed by atoms with van der Waals surface area (Å²) in [6.45, 7) is 6.93. The van der Waals surface area contributed by atoms with Crippen molar-refractivity contribution in [3.8, 4) is 5.75 Å². The van der Waals surface area contributed by atoms with Crippen molar-refractivity contribution in [1.82, 2.24) is 24.4 Å². The Labute approximate surface area is 220 Å². The van der Waals surface area contributed by atoms with Crippen LogP contribution in [0.25, 0.3) is 5.65 Å². The highest BCUT2D eigenvalue weighted by molar-refractivity contribution is 6.31. The Kier molecular flexibility index (Phi) is 6.12. The summed E-state index contributed by atoms with van der Waals surface area (Å²) < 4.78 is 22.4. The maximum Gasteiger partial charge on any atom is 0.258 e. The molecule has 3 aliphatic rings. The number of aryl methyl sites for hydroxylation is 2. The van der Waals surface area contributed by atoms with E-state index in [-0.39, 0.29) is 23.9 Å². The number of benzene rings is 1. The van der Waals surface area contributed by atoms with Crippen LogP contribution < -0.4 is 4.74 Å². The minimum atomic E-state index is -0.435. The summed E-state index contributed by atoms with van der Waals surface area (Å²) >= 11 is 6.35. The fraction of sp³-hybridized carbons (Fsp3) is 0.519. The normalized spacial score (nSPS) is 24.1. The molecule has 1 N–H and O–H groups in total. The lowest BCUT2D eigenvalue weighted by molar-refractivity contribution is 0.0214. The van der Waals surface area contributed by atoms with Crippen molar-refractivity contribution in [1.29, 1.82) is 0 Å². The summed E-state index contributed by atoms with van der Waals surface area (Å²) in [4.78, 5) is 22.3. The SMILES string of the molecule is Cc1nc2c3c(nn2c(C)c1Cl)CN(C(=O)c1ccc(F)cc1OC1C[C@H]2CC[C@@H](C1)N2CC(C)O)C3. The van der Waals surface area contributed by atoms with Gasteiger partial charge < -0.3 is 14.7 Å². The summed E-state index contributed by atoms with van der Waals surface area (Å²) in [5, 5.41) is 15.1. The van der Waals surface area contributed by atoms with Crippen molar-refractivity contribution in [3.05, 3.63) is 57.2 Å². The van der Waals surface area contributed by atoms with Crippen molar-refractivity contribution in [2.45, 2.75) is 83.8 Å². The Morgan fingerprint density at radius 3 is 2.68 bits per heavy atom. The third-order valence-electron chi connectivity index (χ3n) is 8.03. The smallest absolute Gasteiger partial charge is 0.258 e. The average molecular weight is 528 g/mol. The van der Waals surface area contributed by atoms with Gasteiger partial charge >= 0.3 is 0 Å². The van der Waals surface area contributed by atoms with E-state index >= 15 is 0 Å². The van der Waals surface area contributed by atoms with Gasteiger partial charge in [-0.2, -0.15) is 5.10 Å². The Morgan fingerprint density at radius 1 is 1.24 bits per heavy atom. The third kappa shape index (κ3) is 4.27. The second-order valence-corrected chi connectivity index (χ2v) is 11.1. The molecule has 0 saturated carbocycles. The molecule has 2 fully saturated rings. The molecule has 6 rings (SSSR count). The highest BCUT2D eigenvalue weighted by Crippen LogP contribution is 2.38. The van der Waals surface area contributed by atoms with Crippen LogP contribution >= 0.6 is 11.6 Å². The number of fused-ring (bicyclic) bond motifs is 5. The molecular formula is C27H31ClFN5O3. The first-order valence-corrected chi connectivity index (χ1v) is 13.3. The molecule has 0 aliphatic carbocycles. The van der Waals surface area contributed by atoms with Crippen LogP contribution in [0.5, 0.6) is 5.75 Å². The third-order valence-corrected chi connectivity index (χ3v) is 8.57. The lowest BCUT2D eigenvalue weighted by atomic mass is 9.99. The van der Waals surface area contributed by atoms with E-state index in [9.17, 15) is 14.3 Å². The fourth-order valence-corrected chi connectivity index (χ4v) is 6.42. The molecule has 2 bridgehead atoms. The number of aliphatic hydroxyl groups is 1. The molecule has 196 valence electrons. The van der Waals surface area contributed by atoms with Crippen LogP contribution in [0.4, 0.5) is 4.39 Å². The summed E-state index contributed by atoms with van der Waals surface area (Å²) in [5.41, 5.74) is 4.30. The maximum absolute atomic E-state index is 14.3. The van der Waals surface area contributed by atoms with Crippen LogP contribution in [-0.4, -0.2) is 66.2 Å². The van der Waals surface area contributed by atoms with E-state index < -0.39 is 5.82 Å². The van der Waals surface area contributed by atoms with E-state index in [2.05, 4.69) is 15.0 Å². The van der Waals surface area contributed by atoms with Crippen LogP contribution in [0.15, 0.2) is 18.2 Å². The van der Waals surface area contributed by atoms with Crippen LogP contribution in [-0.2, 0) is 13.1 Å². The predicted octanol–water partition coefficient (Wildman–Crippen LogP) is 4.05. The van der Waals surface area contributed by atoms with Gasteiger partial charge in [0.05, 0.1) is 46.9 Å². The van der Waals surface area contributed by atoms with E-state index in [1.807, 2.05) is 20.8 Å². The number of hydrogen-bond acceptors (Lipinski definition) is 6. The summed E-state index contributed by atoms with van der Waals surface area (Å²) in [6.07, 6.45) is 3.26. The first-order valence-electron chi connectivity index (χ1n) is 12.9. The number of piperidine rings is 1. The number of amides is 1. The molecule has 2 unspecified atom stereocenters. The Morgan fingerprint density at radius 2 is 1.97 bits per heavy atom. The lowest BCUT2D eigenvalue weighted by Crippen LogP contribution is -2.48. The lowest BCUT2D eigenvalue weighted by Gasteiger charge is -2.39. The van der Waals surface area contributed by atoms with Gasteiger partial charge in [-0.3, -0.25) is 9.69 Å². The Bertz CT molecular complexity index is 1380. The fourth-order valence-electron chi connectivity index (χ4n) is 6.30. The molecule has 2 aromatic heterocycles. The standard InChI is InChI=1S/C27H31ClFN5O3/c1-14(35)11-33-18-5-6-19(33)10-20(9-18)37-24-8-17(29)4-7-21(24)27(36)32-12-22-23(13-32)31-34-16(3)25(28)15(2)30-26(22)34/h4,7-8,14,18-20,35H,5-6,9-13H2,1-3H3/t14?,18-,19+,20?. The van der Waals surface area contributed by atoms with Gasteiger partial charge in [0.2, 0.25) is 0 Å². The summed E-state index contributed by atoms with van der Waals surface area (Å²) in [7, 11) is 0. The number of ether oxygens (including phenoxy) is 1. The monoisotopic (exact) mass is 527 g/mol. The van der Waals surface area contributed by atoms with E-state index in [1.54, 1.807) is 9.42 Å². The number of carbonyl (C=O) groups is 1. The zero-order valence-corrected chi connectivity index (χ0v) is 22.0.